The summed E-state index contributed by atoms with van der Waals surface area (Å²) in [5, 5.41) is 3.86. The minimum absolute atomic E-state index is 0. The van der Waals surface area contributed by atoms with Crippen molar-refractivity contribution >= 4 is 30.5 Å². The minimum Gasteiger partial charge on any atom is -0.322 e. The number of anilines is 1. The first kappa shape index (κ1) is 22.5. The van der Waals surface area contributed by atoms with Gasteiger partial charge < -0.3 is 5.32 Å². The van der Waals surface area contributed by atoms with E-state index in [0.29, 0.717) is 5.02 Å². The molecule has 121 valence electrons. The average Bonchev–Trinajstić information content (AvgIpc) is 2.44. The molecule has 0 aliphatic carbocycles. The first-order valence-corrected chi connectivity index (χ1v) is 10.5. The van der Waals surface area contributed by atoms with Crippen LogP contribution >= 0.6 is 18.9 Å². The first-order valence-electron chi connectivity index (χ1n) is 7.74. The maximum Gasteiger partial charge on any atom is 0.264 e. The van der Waals surface area contributed by atoms with Crippen LogP contribution in [-0.2, 0) is 37.5 Å². The Labute approximate surface area is 166 Å². The van der Waals surface area contributed by atoms with Gasteiger partial charge in [-0.25, -0.2) is 0 Å². The Morgan fingerprint density at radius 3 is 1.91 bits per heavy atom. The number of amides is 1. The predicted molar refractivity (Wildman–Crippen MR) is 97.6 cm³/mol. The smallest absolute Gasteiger partial charge is 0.264 e. The van der Waals surface area contributed by atoms with E-state index in [4.69, 9.17) is 11.6 Å². The fourth-order valence-electron chi connectivity index (χ4n) is 3.08. The Bertz CT molecular complexity index is 486. The fraction of sp³-hybridized carbons (Fsp3) is 0.588. The van der Waals surface area contributed by atoms with Crippen molar-refractivity contribution in [1.82, 2.24) is 0 Å². The molecule has 5 heteroatoms. The van der Waals surface area contributed by atoms with Crippen LogP contribution in [0, 0.1) is 13.8 Å². The zero-order valence-electron chi connectivity index (χ0n) is 14.7. The molecule has 1 radical (unpaired) electrons. The molecule has 1 aromatic rings. The summed E-state index contributed by atoms with van der Waals surface area (Å²) < 4.78 is 0. The first-order chi connectivity index (χ1) is 9.81. The monoisotopic (exact) mass is 417 g/mol. The van der Waals surface area contributed by atoms with Crippen LogP contribution in [0.4, 0.5) is 5.69 Å². The van der Waals surface area contributed by atoms with Crippen LogP contribution in [0.1, 0.15) is 38.8 Å². The summed E-state index contributed by atoms with van der Waals surface area (Å²) in [6.45, 7) is 12.7. The number of aryl methyl sites for hydroxylation is 2. The molecule has 1 atom stereocenters. The van der Waals surface area contributed by atoms with Gasteiger partial charge in [-0.15, -0.1) is 0 Å². The van der Waals surface area contributed by atoms with Gasteiger partial charge in [-0.05, 0) is 64.8 Å². The van der Waals surface area contributed by atoms with Crippen LogP contribution in [-0.4, -0.2) is 30.1 Å². The van der Waals surface area contributed by atoms with Crippen LogP contribution in [0.15, 0.2) is 12.1 Å². The summed E-state index contributed by atoms with van der Waals surface area (Å²) >= 11 is 6.05. The Kier molecular flexibility index (Phi) is 9.95. The zero-order chi connectivity index (χ0) is 16.2. The number of carbonyl (C=O) groups excluding carboxylic acids is 1. The number of benzene rings is 1. The average molecular weight is 418 g/mol. The largest absolute Gasteiger partial charge is 0.322 e. The number of hydrogen-bond donors (Lipinski definition) is 1. The van der Waals surface area contributed by atoms with Crippen LogP contribution < -0.4 is 5.32 Å². The molecule has 0 saturated heterocycles. The molecule has 0 aromatic heterocycles. The summed E-state index contributed by atoms with van der Waals surface area (Å²) in [7, 11) is -1.20. The van der Waals surface area contributed by atoms with Crippen molar-refractivity contribution in [3.8, 4) is 0 Å². The van der Waals surface area contributed by atoms with Crippen molar-refractivity contribution < 1.29 is 37.5 Å². The molecule has 0 aliphatic heterocycles. The van der Waals surface area contributed by atoms with Gasteiger partial charge in [0, 0.05) is 50.7 Å². The van der Waals surface area contributed by atoms with Gasteiger partial charge in [-0.2, -0.15) is 0 Å². The number of nitrogens with one attached hydrogen (secondary N) is 1. The van der Waals surface area contributed by atoms with E-state index < -0.39 is 7.26 Å². The number of rotatable bonds is 6. The summed E-state index contributed by atoms with van der Waals surface area (Å²) in [5.74, 6) is 0.155. The summed E-state index contributed by atoms with van der Waals surface area (Å²) in [6.07, 6.45) is 3.40. The fourth-order valence-corrected chi connectivity index (χ4v) is 6.95. The van der Waals surface area contributed by atoms with Crippen molar-refractivity contribution in [3.63, 3.8) is 0 Å². The Morgan fingerprint density at radius 1 is 1.14 bits per heavy atom. The summed E-state index contributed by atoms with van der Waals surface area (Å²) in [5.41, 5.74) is 3.06. The zero-order valence-corrected chi connectivity index (χ0v) is 19.2. The van der Waals surface area contributed by atoms with Crippen LogP contribution in [0.2, 0.25) is 5.02 Å². The standard InChI is InChI=1S/C17H27ClNOP.Y/c1-7-21(8-2,9-3)14(6)17(20)19-16-12(4)10-15(18)11-13(16)5;/h10-11,14H,7-9H2,1-6H3;/p+1. The number of halogens is 1. The van der Waals surface area contributed by atoms with Gasteiger partial charge in [0.2, 0.25) is 0 Å². The van der Waals surface area contributed by atoms with Crippen molar-refractivity contribution in [2.24, 2.45) is 0 Å². The molecule has 0 aliphatic rings. The van der Waals surface area contributed by atoms with Crippen molar-refractivity contribution in [3.05, 3.63) is 28.3 Å². The van der Waals surface area contributed by atoms with Crippen molar-refractivity contribution in [2.45, 2.75) is 47.2 Å². The van der Waals surface area contributed by atoms with Gasteiger partial charge in [0.05, 0.1) is 18.5 Å². The molecule has 1 aromatic carbocycles. The third-order valence-electron chi connectivity index (χ3n) is 4.84. The molecule has 1 unspecified atom stereocenters. The van der Waals surface area contributed by atoms with Crippen molar-refractivity contribution in [1.29, 1.82) is 0 Å². The molecular weight excluding hydrogens is 390 g/mol. The molecule has 2 nitrogen and oxygen atoms in total. The molecule has 22 heavy (non-hydrogen) atoms. The Morgan fingerprint density at radius 2 is 1.55 bits per heavy atom. The van der Waals surface area contributed by atoms with Crippen LogP contribution in [0.5, 0.6) is 0 Å². The molecule has 1 rings (SSSR count). The quantitative estimate of drug-likeness (QED) is 0.620. The molecule has 0 fully saturated rings. The second-order valence-corrected chi connectivity index (χ2v) is 11.3. The normalized spacial score (nSPS) is 12.5. The van der Waals surface area contributed by atoms with E-state index in [1.807, 2.05) is 26.0 Å². The topological polar surface area (TPSA) is 29.1 Å². The molecule has 0 spiro atoms. The van der Waals surface area contributed by atoms with Crippen molar-refractivity contribution in [2.75, 3.05) is 23.8 Å². The SMILES string of the molecule is CC[P+](CC)(CC)C(C)C(=O)Nc1c(C)cc(Cl)cc1C.[Y]. The van der Waals surface area contributed by atoms with E-state index in [9.17, 15) is 4.79 Å². The third-order valence-corrected chi connectivity index (χ3v) is 10.7. The number of hydrogen-bond acceptors (Lipinski definition) is 1. The Hall–Kier alpha value is 0.514. The van der Waals surface area contributed by atoms with E-state index in [1.165, 1.54) is 0 Å². The molecule has 0 bridgehead atoms. The summed E-state index contributed by atoms with van der Waals surface area (Å²) in [4.78, 5) is 12.7. The van der Waals surface area contributed by atoms with Gasteiger partial charge in [0.1, 0.15) is 5.66 Å². The number of carbonyl (C=O) groups is 1. The second-order valence-electron chi connectivity index (χ2n) is 5.75. The second kappa shape index (κ2) is 9.72. The van der Waals surface area contributed by atoms with Gasteiger partial charge in [0.15, 0.2) is 0 Å². The third kappa shape index (κ3) is 5.00. The minimum atomic E-state index is -1.20. The van der Waals surface area contributed by atoms with Gasteiger partial charge >= 0.3 is 0 Å². The molecule has 0 heterocycles. The molecule has 1 N–H and O–H groups in total. The maximum absolute atomic E-state index is 12.7. The molecule has 0 saturated carbocycles. The van der Waals surface area contributed by atoms with Crippen LogP contribution in [0.3, 0.4) is 0 Å². The molecular formula is C17H28ClNOPY+. The van der Waals surface area contributed by atoms with E-state index in [1.54, 1.807) is 0 Å². The predicted octanol–water partition coefficient (Wildman–Crippen LogP) is 5.36. The van der Waals surface area contributed by atoms with Gasteiger partial charge in [-0.3, -0.25) is 4.79 Å². The van der Waals surface area contributed by atoms with E-state index in [0.717, 1.165) is 35.3 Å². The summed E-state index contributed by atoms with van der Waals surface area (Å²) in [6, 6.07) is 3.80. The van der Waals surface area contributed by atoms with E-state index in [-0.39, 0.29) is 44.3 Å². The van der Waals surface area contributed by atoms with Crippen LogP contribution in [0.25, 0.3) is 0 Å². The van der Waals surface area contributed by atoms with E-state index in [2.05, 4.69) is 33.0 Å². The molecule has 1 amide bonds. The van der Waals surface area contributed by atoms with Gasteiger partial charge in [0.25, 0.3) is 5.91 Å². The maximum atomic E-state index is 12.7. The Balaban J connectivity index is 0.00000441. The van der Waals surface area contributed by atoms with Gasteiger partial charge in [-0.1, -0.05) is 11.6 Å². The van der Waals surface area contributed by atoms with E-state index >= 15 is 0 Å².